The molecule has 0 amide bonds. The lowest BCUT2D eigenvalue weighted by Gasteiger charge is -2.25. The van der Waals surface area contributed by atoms with E-state index in [-0.39, 0.29) is 6.04 Å². The molecule has 2 aromatic rings. The summed E-state index contributed by atoms with van der Waals surface area (Å²) in [6.45, 7) is 9.15. The van der Waals surface area contributed by atoms with Crippen molar-refractivity contribution < 1.29 is 0 Å². The van der Waals surface area contributed by atoms with Gasteiger partial charge >= 0.3 is 0 Å². The van der Waals surface area contributed by atoms with Crippen LogP contribution in [-0.2, 0) is 0 Å². The molecule has 0 spiro atoms. The maximum absolute atomic E-state index is 6.44. The lowest BCUT2D eigenvalue weighted by Crippen LogP contribution is -2.18. The summed E-state index contributed by atoms with van der Waals surface area (Å²) >= 11 is 0. The highest BCUT2D eigenvalue weighted by Crippen LogP contribution is 2.31. The second-order valence-corrected chi connectivity index (χ2v) is 7.13. The van der Waals surface area contributed by atoms with Crippen LogP contribution in [0.5, 0.6) is 0 Å². The molecule has 0 saturated carbocycles. The first kappa shape index (κ1) is 15.0. The smallest absolute Gasteiger partial charge is 0.0749 e. The average molecular weight is 270 g/mol. The van der Waals surface area contributed by atoms with E-state index in [2.05, 4.69) is 56.9 Å². The highest BCUT2D eigenvalue weighted by Gasteiger charge is 2.19. The summed E-state index contributed by atoms with van der Waals surface area (Å²) in [5, 5.41) is 1.17. The highest BCUT2D eigenvalue weighted by atomic mass is 14.7. The number of nitrogens with two attached hydrogens (primary N) is 1. The first-order chi connectivity index (χ1) is 9.37. The Morgan fingerprint density at radius 2 is 1.85 bits per heavy atom. The maximum atomic E-state index is 6.44. The molecule has 2 unspecified atom stereocenters. The number of nitrogens with zero attached hydrogens (tertiary/aromatic N) is 1. The zero-order chi connectivity index (χ0) is 14.8. The van der Waals surface area contributed by atoms with Gasteiger partial charge in [0.05, 0.1) is 5.52 Å². The lowest BCUT2D eigenvalue weighted by atomic mass is 9.82. The standard InChI is InChI=1S/C18H26N2/c1-13(12-18(2,3)4)11-16(19)15-9-5-7-14-8-6-10-20-17(14)15/h5-10,13,16H,11-12,19H2,1-4H3. The van der Waals surface area contributed by atoms with Crippen molar-refractivity contribution >= 4 is 10.9 Å². The number of para-hydroxylation sites is 1. The third kappa shape index (κ3) is 3.80. The molecule has 0 fully saturated rings. The van der Waals surface area contributed by atoms with Crippen molar-refractivity contribution in [1.29, 1.82) is 0 Å². The highest BCUT2D eigenvalue weighted by molar-refractivity contribution is 5.81. The lowest BCUT2D eigenvalue weighted by molar-refractivity contribution is 0.286. The monoisotopic (exact) mass is 270 g/mol. The van der Waals surface area contributed by atoms with Crippen LogP contribution in [0.2, 0.25) is 0 Å². The molecule has 0 aliphatic rings. The van der Waals surface area contributed by atoms with Gasteiger partial charge in [-0.15, -0.1) is 0 Å². The Hall–Kier alpha value is -1.41. The van der Waals surface area contributed by atoms with Crippen molar-refractivity contribution in [2.24, 2.45) is 17.1 Å². The molecular formula is C18H26N2. The van der Waals surface area contributed by atoms with Crippen LogP contribution in [0.25, 0.3) is 10.9 Å². The Labute approximate surface area is 122 Å². The van der Waals surface area contributed by atoms with E-state index < -0.39 is 0 Å². The summed E-state index contributed by atoms with van der Waals surface area (Å²) in [6, 6.07) is 10.4. The predicted molar refractivity (Wildman–Crippen MR) is 86.5 cm³/mol. The average Bonchev–Trinajstić information content (AvgIpc) is 2.35. The van der Waals surface area contributed by atoms with Gasteiger partial charge in [0.2, 0.25) is 0 Å². The Morgan fingerprint density at radius 1 is 1.15 bits per heavy atom. The molecular weight excluding hydrogens is 244 g/mol. The first-order valence-electron chi connectivity index (χ1n) is 7.46. The fourth-order valence-electron chi connectivity index (χ4n) is 3.12. The van der Waals surface area contributed by atoms with Gasteiger partial charge in [0, 0.05) is 17.6 Å². The molecule has 108 valence electrons. The normalized spacial score (nSPS) is 15.2. The summed E-state index contributed by atoms with van der Waals surface area (Å²) in [5.74, 6) is 0.615. The fourth-order valence-corrected chi connectivity index (χ4v) is 3.12. The van der Waals surface area contributed by atoms with Crippen LogP contribution in [0.3, 0.4) is 0 Å². The minimum Gasteiger partial charge on any atom is -0.324 e. The first-order valence-corrected chi connectivity index (χ1v) is 7.46. The largest absolute Gasteiger partial charge is 0.324 e. The van der Waals surface area contributed by atoms with Crippen molar-refractivity contribution in [3.8, 4) is 0 Å². The van der Waals surface area contributed by atoms with E-state index in [1.54, 1.807) is 0 Å². The van der Waals surface area contributed by atoms with Gasteiger partial charge in [0.15, 0.2) is 0 Å². The number of pyridine rings is 1. The molecule has 2 heteroatoms. The number of hydrogen-bond acceptors (Lipinski definition) is 2. The quantitative estimate of drug-likeness (QED) is 0.874. The number of fused-ring (bicyclic) bond motifs is 1. The summed E-state index contributed by atoms with van der Waals surface area (Å²) < 4.78 is 0. The molecule has 0 saturated heterocycles. The van der Waals surface area contributed by atoms with Crippen molar-refractivity contribution in [3.05, 3.63) is 42.1 Å². The Bertz CT molecular complexity index is 564. The van der Waals surface area contributed by atoms with Gasteiger partial charge in [-0.05, 0) is 35.8 Å². The topological polar surface area (TPSA) is 38.9 Å². The van der Waals surface area contributed by atoms with Crippen molar-refractivity contribution in [1.82, 2.24) is 4.98 Å². The van der Waals surface area contributed by atoms with Crippen molar-refractivity contribution in [2.75, 3.05) is 0 Å². The van der Waals surface area contributed by atoms with Gasteiger partial charge in [-0.2, -0.15) is 0 Å². The molecule has 0 aliphatic heterocycles. The molecule has 1 aromatic heterocycles. The summed E-state index contributed by atoms with van der Waals surface area (Å²) in [6.07, 6.45) is 4.04. The third-order valence-corrected chi connectivity index (χ3v) is 3.68. The molecule has 0 bridgehead atoms. The van der Waals surface area contributed by atoms with E-state index in [0.29, 0.717) is 11.3 Å². The predicted octanol–water partition coefficient (Wildman–Crippen LogP) is 4.70. The summed E-state index contributed by atoms with van der Waals surface area (Å²) in [4.78, 5) is 4.50. The molecule has 1 aromatic carbocycles. The van der Waals surface area contributed by atoms with Crippen LogP contribution in [0.15, 0.2) is 36.5 Å². The van der Waals surface area contributed by atoms with Crippen LogP contribution < -0.4 is 5.73 Å². The number of aromatic nitrogens is 1. The van der Waals surface area contributed by atoms with Gasteiger partial charge in [-0.1, -0.05) is 52.0 Å². The zero-order valence-corrected chi connectivity index (χ0v) is 13.1. The van der Waals surface area contributed by atoms with E-state index in [4.69, 9.17) is 5.73 Å². The van der Waals surface area contributed by atoms with Crippen LogP contribution in [0.4, 0.5) is 0 Å². The zero-order valence-electron chi connectivity index (χ0n) is 13.1. The molecule has 2 nitrogen and oxygen atoms in total. The minimum absolute atomic E-state index is 0.0611. The summed E-state index contributed by atoms with van der Waals surface area (Å²) in [5.41, 5.74) is 9.02. The number of hydrogen-bond donors (Lipinski definition) is 1. The number of benzene rings is 1. The van der Waals surface area contributed by atoms with Crippen LogP contribution in [-0.4, -0.2) is 4.98 Å². The summed E-state index contributed by atoms with van der Waals surface area (Å²) in [7, 11) is 0. The minimum atomic E-state index is 0.0611. The van der Waals surface area contributed by atoms with E-state index >= 15 is 0 Å². The van der Waals surface area contributed by atoms with Crippen molar-refractivity contribution in [2.45, 2.75) is 46.6 Å². The van der Waals surface area contributed by atoms with E-state index in [9.17, 15) is 0 Å². The number of rotatable bonds is 4. The molecule has 20 heavy (non-hydrogen) atoms. The third-order valence-electron chi connectivity index (χ3n) is 3.68. The van der Waals surface area contributed by atoms with Gasteiger partial charge < -0.3 is 5.73 Å². The molecule has 0 aliphatic carbocycles. The molecule has 1 heterocycles. The SMILES string of the molecule is CC(CC(N)c1cccc2cccnc12)CC(C)(C)C. The van der Waals surface area contributed by atoms with Crippen LogP contribution in [0, 0.1) is 11.3 Å². The molecule has 2 rings (SSSR count). The second kappa shape index (κ2) is 5.92. The van der Waals surface area contributed by atoms with Gasteiger partial charge in [0.25, 0.3) is 0 Å². The molecule has 2 N–H and O–H groups in total. The Kier molecular flexibility index (Phi) is 4.44. The maximum Gasteiger partial charge on any atom is 0.0749 e. The van der Waals surface area contributed by atoms with Gasteiger partial charge in [-0.3, -0.25) is 4.98 Å². The van der Waals surface area contributed by atoms with E-state index in [1.807, 2.05) is 12.3 Å². The van der Waals surface area contributed by atoms with E-state index in [0.717, 1.165) is 11.9 Å². The second-order valence-electron chi connectivity index (χ2n) is 7.13. The fraction of sp³-hybridized carbons (Fsp3) is 0.500. The van der Waals surface area contributed by atoms with Crippen molar-refractivity contribution in [3.63, 3.8) is 0 Å². The molecule has 0 radical (unpaired) electrons. The Balaban J connectivity index is 2.17. The van der Waals surface area contributed by atoms with Gasteiger partial charge in [-0.25, -0.2) is 0 Å². The van der Waals surface area contributed by atoms with Crippen LogP contribution >= 0.6 is 0 Å². The van der Waals surface area contributed by atoms with Crippen LogP contribution in [0.1, 0.15) is 52.1 Å². The van der Waals surface area contributed by atoms with E-state index in [1.165, 1.54) is 17.4 Å². The molecule has 2 atom stereocenters. The Morgan fingerprint density at radius 3 is 2.55 bits per heavy atom. The van der Waals surface area contributed by atoms with Gasteiger partial charge in [0.1, 0.15) is 0 Å².